The first-order chi connectivity index (χ1) is 14.1. The van der Waals surface area contributed by atoms with Crippen LogP contribution in [0, 0.1) is 13.8 Å². The zero-order chi connectivity index (χ0) is 20.2. The van der Waals surface area contributed by atoms with E-state index in [1.54, 1.807) is 30.8 Å². The molecule has 29 heavy (non-hydrogen) atoms. The summed E-state index contributed by atoms with van der Waals surface area (Å²) in [5.41, 5.74) is 3.31. The summed E-state index contributed by atoms with van der Waals surface area (Å²) in [7, 11) is 0. The number of anilines is 1. The molecule has 1 amide bonds. The van der Waals surface area contributed by atoms with Crippen molar-refractivity contribution in [1.29, 1.82) is 0 Å². The molecule has 0 bridgehead atoms. The number of amides is 1. The van der Waals surface area contributed by atoms with Gasteiger partial charge in [0.25, 0.3) is 0 Å². The van der Waals surface area contributed by atoms with Gasteiger partial charge in [-0.1, -0.05) is 0 Å². The Bertz CT molecular complexity index is 984. The summed E-state index contributed by atoms with van der Waals surface area (Å²) in [6.45, 7) is 7.63. The summed E-state index contributed by atoms with van der Waals surface area (Å²) in [5.74, 6) is 1.67. The fourth-order valence-electron chi connectivity index (χ4n) is 3.65. The van der Waals surface area contributed by atoms with Gasteiger partial charge >= 0.3 is 0 Å². The molecule has 1 aliphatic rings. The van der Waals surface area contributed by atoms with Gasteiger partial charge in [-0.2, -0.15) is 0 Å². The number of rotatable bonds is 5. The summed E-state index contributed by atoms with van der Waals surface area (Å²) in [5, 5.41) is 0. The Balaban J connectivity index is 1.38. The van der Waals surface area contributed by atoms with Crippen LogP contribution in [0.25, 0.3) is 6.08 Å². The Hall–Kier alpha value is -3.35. The molecule has 0 spiro atoms. The lowest BCUT2D eigenvalue weighted by Crippen LogP contribution is -2.48. The van der Waals surface area contributed by atoms with Crippen molar-refractivity contribution in [2.75, 3.05) is 31.1 Å². The number of furan rings is 1. The summed E-state index contributed by atoms with van der Waals surface area (Å²) in [6.07, 6.45) is 8.76. The minimum absolute atomic E-state index is 0.0365. The molecule has 4 rings (SSSR count). The smallest absolute Gasteiger partial charge is 0.246 e. The SMILES string of the molecule is Cc1cc(/C=C/C(=O)N2CCN(c3ncccn3)CC2)c(C)n1Cc1ccco1. The number of hydrogen-bond donors (Lipinski definition) is 0. The monoisotopic (exact) mass is 391 g/mol. The molecule has 1 saturated heterocycles. The Morgan fingerprint density at radius 2 is 1.90 bits per heavy atom. The summed E-state index contributed by atoms with van der Waals surface area (Å²) >= 11 is 0. The molecule has 4 heterocycles. The van der Waals surface area contributed by atoms with E-state index in [2.05, 4.69) is 39.3 Å². The summed E-state index contributed by atoms with van der Waals surface area (Å²) in [4.78, 5) is 25.2. The van der Waals surface area contributed by atoms with Gasteiger partial charge in [0, 0.05) is 56.0 Å². The van der Waals surface area contributed by atoms with Gasteiger partial charge in [-0.15, -0.1) is 0 Å². The molecule has 0 unspecified atom stereocenters. The predicted molar refractivity (Wildman–Crippen MR) is 112 cm³/mol. The molecule has 0 radical (unpaired) electrons. The molecule has 0 aliphatic carbocycles. The number of carbonyl (C=O) groups is 1. The summed E-state index contributed by atoms with van der Waals surface area (Å²) in [6, 6.07) is 7.77. The Kier molecular flexibility index (Phi) is 5.46. The average Bonchev–Trinajstić information content (AvgIpc) is 3.36. The average molecular weight is 391 g/mol. The second kappa shape index (κ2) is 8.34. The number of piperazine rings is 1. The van der Waals surface area contributed by atoms with Gasteiger partial charge in [0.1, 0.15) is 5.76 Å². The van der Waals surface area contributed by atoms with Crippen LogP contribution in [-0.4, -0.2) is 51.5 Å². The van der Waals surface area contributed by atoms with E-state index in [4.69, 9.17) is 4.42 Å². The molecule has 3 aromatic rings. The van der Waals surface area contributed by atoms with Gasteiger partial charge < -0.3 is 18.8 Å². The highest BCUT2D eigenvalue weighted by atomic mass is 16.3. The lowest BCUT2D eigenvalue weighted by Gasteiger charge is -2.34. The van der Waals surface area contributed by atoms with Crippen molar-refractivity contribution >= 4 is 17.9 Å². The van der Waals surface area contributed by atoms with Crippen LogP contribution in [0.4, 0.5) is 5.95 Å². The lowest BCUT2D eigenvalue weighted by molar-refractivity contribution is -0.126. The maximum Gasteiger partial charge on any atom is 0.246 e. The molecule has 0 atom stereocenters. The first-order valence-corrected chi connectivity index (χ1v) is 9.80. The van der Waals surface area contributed by atoms with Crippen LogP contribution >= 0.6 is 0 Å². The quantitative estimate of drug-likeness (QED) is 0.626. The Morgan fingerprint density at radius 1 is 1.14 bits per heavy atom. The largest absolute Gasteiger partial charge is 0.467 e. The maximum absolute atomic E-state index is 12.6. The van der Waals surface area contributed by atoms with Crippen molar-refractivity contribution in [2.24, 2.45) is 0 Å². The number of aromatic nitrogens is 3. The van der Waals surface area contributed by atoms with Gasteiger partial charge in [-0.25, -0.2) is 9.97 Å². The van der Waals surface area contributed by atoms with Crippen molar-refractivity contribution in [3.63, 3.8) is 0 Å². The van der Waals surface area contributed by atoms with Crippen LogP contribution in [0.1, 0.15) is 22.7 Å². The van der Waals surface area contributed by atoms with Gasteiger partial charge in [0.05, 0.1) is 12.8 Å². The van der Waals surface area contributed by atoms with Crippen LogP contribution in [0.3, 0.4) is 0 Å². The van der Waals surface area contributed by atoms with E-state index in [0.717, 1.165) is 41.7 Å². The molecule has 7 heteroatoms. The molecular formula is C22H25N5O2. The molecular weight excluding hydrogens is 366 g/mol. The number of nitrogens with zero attached hydrogens (tertiary/aromatic N) is 5. The van der Waals surface area contributed by atoms with Crippen LogP contribution in [0.2, 0.25) is 0 Å². The highest BCUT2D eigenvalue weighted by Crippen LogP contribution is 2.19. The highest BCUT2D eigenvalue weighted by Gasteiger charge is 2.21. The number of aryl methyl sites for hydroxylation is 1. The van der Waals surface area contributed by atoms with Crippen molar-refractivity contribution in [3.05, 3.63) is 71.7 Å². The fraction of sp³-hybridized carbons (Fsp3) is 0.318. The third kappa shape index (κ3) is 4.23. The zero-order valence-electron chi connectivity index (χ0n) is 16.8. The molecule has 1 fully saturated rings. The molecule has 1 aliphatic heterocycles. The first-order valence-electron chi connectivity index (χ1n) is 9.80. The number of carbonyl (C=O) groups excluding carboxylic acids is 1. The molecule has 0 saturated carbocycles. The predicted octanol–water partition coefficient (Wildman–Crippen LogP) is 2.90. The normalized spacial score (nSPS) is 14.7. The standard InChI is InChI=1S/C22H25N5O2/c1-17-15-19(18(2)27(17)16-20-5-3-14-29-20)6-7-21(28)25-10-12-26(13-11-25)22-23-8-4-9-24-22/h3-9,14-15H,10-13,16H2,1-2H3/b7-6+. The van der Waals surface area contributed by atoms with Gasteiger partial charge in [0.15, 0.2) is 0 Å². The van der Waals surface area contributed by atoms with Crippen LogP contribution < -0.4 is 4.90 Å². The van der Waals surface area contributed by atoms with Gasteiger partial charge in [-0.3, -0.25) is 4.79 Å². The van der Waals surface area contributed by atoms with Crippen LogP contribution in [-0.2, 0) is 11.3 Å². The van der Waals surface area contributed by atoms with Crippen molar-refractivity contribution < 1.29 is 9.21 Å². The van der Waals surface area contributed by atoms with Crippen LogP contribution in [0.15, 0.2) is 53.4 Å². The summed E-state index contributed by atoms with van der Waals surface area (Å²) < 4.78 is 7.66. The van der Waals surface area contributed by atoms with E-state index in [-0.39, 0.29) is 5.91 Å². The first kappa shape index (κ1) is 19.0. The zero-order valence-corrected chi connectivity index (χ0v) is 16.8. The molecule has 0 aromatic carbocycles. The highest BCUT2D eigenvalue weighted by molar-refractivity contribution is 5.92. The third-order valence-corrected chi connectivity index (χ3v) is 5.34. The topological polar surface area (TPSA) is 67.4 Å². The molecule has 7 nitrogen and oxygen atoms in total. The van der Waals surface area contributed by atoms with E-state index < -0.39 is 0 Å². The second-order valence-electron chi connectivity index (χ2n) is 7.19. The van der Waals surface area contributed by atoms with E-state index in [0.29, 0.717) is 19.6 Å². The lowest BCUT2D eigenvalue weighted by atomic mass is 10.2. The van der Waals surface area contributed by atoms with Gasteiger partial charge in [-0.05, 0) is 49.8 Å². The second-order valence-corrected chi connectivity index (χ2v) is 7.19. The van der Waals surface area contributed by atoms with Gasteiger partial charge in [0.2, 0.25) is 11.9 Å². The Labute approximate surface area is 170 Å². The van der Waals surface area contributed by atoms with Crippen molar-refractivity contribution in [2.45, 2.75) is 20.4 Å². The minimum atomic E-state index is 0.0365. The van der Waals surface area contributed by atoms with E-state index in [1.807, 2.05) is 23.1 Å². The maximum atomic E-state index is 12.6. The van der Waals surface area contributed by atoms with E-state index in [1.165, 1.54) is 0 Å². The molecule has 3 aromatic heterocycles. The van der Waals surface area contributed by atoms with E-state index >= 15 is 0 Å². The fourth-order valence-corrected chi connectivity index (χ4v) is 3.65. The van der Waals surface area contributed by atoms with Crippen molar-refractivity contribution in [3.8, 4) is 0 Å². The molecule has 0 N–H and O–H groups in total. The third-order valence-electron chi connectivity index (χ3n) is 5.34. The molecule has 150 valence electrons. The van der Waals surface area contributed by atoms with Crippen LogP contribution in [0.5, 0.6) is 0 Å². The minimum Gasteiger partial charge on any atom is -0.467 e. The van der Waals surface area contributed by atoms with Crippen molar-refractivity contribution in [1.82, 2.24) is 19.4 Å². The Morgan fingerprint density at radius 3 is 2.59 bits per heavy atom. The van der Waals surface area contributed by atoms with E-state index in [9.17, 15) is 4.79 Å². The number of hydrogen-bond acceptors (Lipinski definition) is 5.